The Morgan fingerprint density at radius 1 is 0.442 bits per heavy atom. The summed E-state index contributed by atoms with van der Waals surface area (Å²) in [6.07, 6.45) is 1.95. The van der Waals surface area contributed by atoms with E-state index in [1.807, 2.05) is 6.20 Å². The van der Waals surface area contributed by atoms with Gasteiger partial charge in [-0.05, 0) is 80.6 Å². The van der Waals surface area contributed by atoms with Crippen molar-refractivity contribution in [2.24, 2.45) is 0 Å². The maximum Gasteiger partial charge on any atom is 0.0979 e. The summed E-state index contributed by atoms with van der Waals surface area (Å²) in [7, 11) is 0. The van der Waals surface area contributed by atoms with E-state index in [0.29, 0.717) is 0 Å². The van der Waals surface area contributed by atoms with Gasteiger partial charge in [0, 0.05) is 38.2 Å². The fourth-order valence-corrected chi connectivity index (χ4v) is 8.86. The van der Waals surface area contributed by atoms with Gasteiger partial charge in [-0.25, -0.2) is 4.98 Å². The number of nitrogens with zero attached hydrogens (tertiary/aromatic N) is 3. The summed E-state index contributed by atoms with van der Waals surface area (Å²) in [4.78, 5) is 10.3. The number of aromatic nitrogens is 3. The van der Waals surface area contributed by atoms with Gasteiger partial charge in [-0.2, -0.15) is 0 Å². The Morgan fingerprint density at radius 3 is 1.62 bits per heavy atom. The molecule has 0 saturated heterocycles. The van der Waals surface area contributed by atoms with Crippen LogP contribution in [0.15, 0.2) is 164 Å². The van der Waals surface area contributed by atoms with Crippen LogP contribution in [0.25, 0.3) is 93.6 Å². The summed E-state index contributed by atoms with van der Waals surface area (Å²) in [5.41, 5.74) is 15.0. The zero-order chi connectivity index (χ0) is 34.6. The second-order valence-electron chi connectivity index (χ2n) is 14.6. The van der Waals surface area contributed by atoms with Crippen molar-refractivity contribution in [2.75, 3.05) is 0 Å². The van der Waals surface area contributed by atoms with Gasteiger partial charge in [0.05, 0.1) is 34.0 Å². The van der Waals surface area contributed by atoms with Crippen LogP contribution in [0, 0.1) is 0 Å². The topological polar surface area (TPSA) is 30.7 Å². The fraction of sp³-hybridized carbons (Fsp3) is 0.0612. The van der Waals surface area contributed by atoms with Crippen LogP contribution in [0.1, 0.15) is 25.0 Å². The first-order chi connectivity index (χ1) is 25.5. The molecule has 1 aliphatic carbocycles. The van der Waals surface area contributed by atoms with Gasteiger partial charge >= 0.3 is 0 Å². The van der Waals surface area contributed by atoms with Crippen LogP contribution in [0.5, 0.6) is 0 Å². The molecule has 2 aromatic heterocycles. The van der Waals surface area contributed by atoms with Crippen LogP contribution in [-0.2, 0) is 5.41 Å². The lowest BCUT2D eigenvalue weighted by Gasteiger charge is -2.22. The second-order valence-corrected chi connectivity index (χ2v) is 14.6. The zero-order valence-electron chi connectivity index (χ0n) is 28.9. The molecule has 0 amide bonds. The Bertz CT molecular complexity index is 3020. The molecule has 0 fully saturated rings. The van der Waals surface area contributed by atoms with E-state index in [1.54, 1.807) is 0 Å². The Balaban J connectivity index is 1.00. The van der Waals surface area contributed by atoms with Crippen molar-refractivity contribution in [3.05, 3.63) is 175 Å². The highest BCUT2D eigenvalue weighted by molar-refractivity contribution is 6.23. The SMILES string of the molecule is CC1(C)c2cc(-c3cccc(-n4c5ccccc5c5ccccc54)c3)ccc2-c2ccc(-c3cnc4c5ccccc5c5ccccc5c4n3)cc21. The quantitative estimate of drug-likeness (QED) is 0.176. The van der Waals surface area contributed by atoms with E-state index in [2.05, 4.69) is 176 Å². The van der Waals surface area contributed by atoms with Crippen molar-refractivity contribution in [3.63, 3.8) is 0 Å². The molecular formula is C49H33N3. The minimum Gasteiger partial charge on any atom is -0.309 e. The lowest BCUT2D eigenvalue weighted by atomic mass is 9.81. The summed E-state index contributed by atoms with van der Waals surface area (Å²) >= 11 is 0. The lowest BCUT2D eigenvalue weighted by Crippen LogP contribution is -2.15. The smallest absolute Gasteiger partial charge is 0.0979 e. The summed E-state index contributed by atoms with van der Waals surface area (Å²) in [5.74, 6) is 0. The maximum absolute atomic E-state index is 5.30. The van der Waals surface area contributed by atoms with Gasteiger partial charge < -0.3 is 4.57 Å². The minimum absolute atomic E-state index is 0.186. The molecule has 0 spiro atoms. The normalized spacial score (nSPS) is 13.3. The van der Waals surface area contributed by atoms with Gasteiger partial charge in [0.2, 0.25) is 0 Å². The third-order valence-electron chi connectivity index (χ3n) is 11.4. The van der Waals surface area contributed by atoms with E-state index >= 15 is 0 Å². The predicted octanol–water partition coefficient (Wildman–Crippen LogP) is 12.7. The summed E-state index contributed by atoms with van der Waals surface area (Å²) in [5, 5.41) is 7.24. The van der Waals surface area contributed by atoms with E-state index in [4.69, 9.17) is 9.97 Å². The molecule has 11 rings (SSSR count). The van der Waals surface area contributed by atoms with Gasteiger partial charge in [0.1, 0.15) is 0 Å². The molecule has 3 nitrogen and oxygen atoms in total. The molecule has 0 saturated carbocycles. The first-order valence-corrected chi connectivity index (χ1v) is 18.0. The average Bonchev–Trinajstić information content (AvgIpc) is 3.66. The third-order valence-corrected chi connectivity index (χ3v) is 11.4. The zero-order valence-corrected chi connectivity index (χ0v) is 28.9. The second kappa shape index (κ2) is 10.7. The maximum atomic E-state index is 5.30. The summed E-state index contributed by atoms with van der Waals surface area (Å²) in [6, 6.07) is 57.3. The number of fused-ring (bicyclic) bond motifs is 12. The first kappa shape index (κ1) is 29.2. The van der Waals surface area contributed by atoms with Gasteiger partial charge in [-0.3, -0.25) is 4.98 Å². The molecule has 2 heterocycles. The molecular weight excluding hydrogens is 631 g/mol. The highest BCUT2D eigenvalue weighted by atomic mass is 15.0. The lowest BCUT2D eigenvalue weighted by molar-refractivity contribution is 0.661. The van der Waals surface area contributed by atoms with Crippen molar-refractivity contribution in [1.29, 1.82) is 0 Å². The number of rotatable bonds is 3. The van der Waals surface area contributed by atoms with Gasteiger partial charge in [0.25, 0.3) is 0 Å². The van der Waals surface area contributed by atoms with E-state index in [0.717, 1.165) is 33.1 Å². The number of hydrogen-bond acceptors (Lipinski definition) is 2. The number of hydrogen-bond donors (Lipinski definition) is 0. The standard InChI is InChI=1S/C49H33N3/c1-49(2)42-27-31(30-12-11-13-33(26-30)52-45-20-9-7-16-38(45)39-17-8-10-21-46(39)52)22-24-36(42)37-25-23-32(28-43(37)49)44-29-50-47-40-18-5-3-14-34(40)35-15-4-6-19-41(35)48(47)51-44/h3-29H,1-2H3. The van der Waals surface area contributed by atoms with Crippen molar-refractivity contribution in [3.8, 4) is 39.2 Å². The molecule has 0 unspecified atom stereocenters. The van der Waals surface area contributed by atoms with Crippen LogP contribution in [0.3, 0.4) is 0 Å². The largest absolute Gasteiger partial charge is 0.309 e. The molecule has 52 heavy (non-hydrogen) atoms. The first-order valence-electron chi connectivity index (χ1n) is 18.0. The van der Waals surface area contributed by atoms with Crippen LogP contribution in [-0.4, -0.2) is 14.5 Å². The number of benzene rings is 8. The molecule has 244 valence electrons. The van der Waals surface area contributed by atoms with Gasteiger partial charge in [-0.1, -0.05) is 135 Å². The van der Waals surface area contributed by atoms with Crippen LogP contribution < -0.4 is 0 Å². The average molecular weight is 664 g/mol. The van der Waals surface area contributed by atoms with E-state index in [9.17, 15) is 0 Å². The molecule has 0 radical (unpaired) electrons. The van der Waals surface area contributed by atoms with Crippen LogP contribution >= 0.6 is 0 Å². The molecule has 0 bridgehead atoms. The van der Waals surface area contributed by atoms with Crippen molar-refractivity contribution in [2.45, 2.75) is 19.3 Å². The molecule has 3 heteroatoms. The molecule has 10 aromatic rings. The highest BCUT2D eigenvalue weighted by Gasteiger charge is 2.36. The van der Waals surface area contributed by atoms with Crippen molar-refractivity contribution in [1.82, 2.24) is 14.5 Å². The molecule has 1 aliphatic rings. The van der Waals surface area contributed by atoms with Gasteiger partial charge in [-0.15, -0.1) is 0 Å². The van der Waals surface area contributed by atoms with E-state index in [1.165, 1.54) is 71.6 Å². The third kappa shape index (κ3) is 4.08. The summed E-state index contributed by atoms with van der Waals surface area (Å²) in [6.45, 7) is 4.71. The number of para-hydroxylation sites is 2. The Morgan fingerprint density at radius 2 is 0.962 bits per heavy atom. The fourth-order valence-electron chi connectivity index (χ4n) is 8.86. The monoisotopic (exact) mass is 663 g/mol. The molecule has 0 aliphatic heterocycles. The van der Waals surface area contributed by atoms with E-state index < -0.39 is 0 Å². The van der Waals surface area contributed by atoms with Gasteiger partial charge in [0.15, 0.2) is 0 Å². The molecule has 0 atom stereocenters. The minimum atomic E-state index is -0.186. The Kier molecular flexibility index (Phi) is 6.01. The summed E-state index contributed by atoms with van der Waals surface area (Å²) < 4.78 is 2.39. The Labute approximate surface area is 301 Å². The van der Waals surface area contributed by atoms with Crippen molar-refractivity contribution < 1.29 is 0 Å². The van der Waals surface area contributed by atoms with Crippen LogP contribution in [0.2, 0.25) is 0 Å². The van der Waals surface area contributed by atoms with Crippen molar-refractivity contribution >= 4 is 54.4 Å². The van der Waals surface area contributed by atoms with Crippen LogP contribution in [0.4, 0.5) is 0 Å². The highest BCUT2D eigenvalue weighted by Crippen LogP contribution is 2.51. The Hall–Kier alpha value is -6.58. The molecule has 8 aromatic carbocycles. The van der Waals surface area contributed by atoms with E-state index in [-0.39, 0.29) is 5.41 Å². The molecule has 0 N–H and O–H groups in total. The predicted molar refractivity (Wildman–Crippen MR) is 217 cm³/mol.